The Morgan fingerprint density at radius 3 is 2.83 bits per heavy atom. The maximum Gasteiger partial charge on any atom is 0.225 e. The van der Waals surface area contributed by atoms with Crippen LogP contribution in [-0.4, -0.2) is 27.3 Å². The third kappa shape index (κ3) is 2.64. The summed E-state index contributed by atoms with van der Waals surface area (Å²) in [6.07, 6.45) is 2.67. The van der Waals surface area contributed by atoms with Crippen LogP contribution in [0.4, 0.5) is 0 Å². The van der Waals surface area contributed by atoms with Gasteiger partial charge in [-0.05, 0) is 23.9 Å². The fourth-order valence-corrected chi connectivity index (χ4v) is 2.42. The molecule has 1 saturated heterocycles. The van der Waals surface area contributed by atoms with Crippen molar-refractivity contribution in [1.29, 1.82) is 0 Å². The van der Waals surface area contributed by atoms with Crippen molar-refractivity contribution in [3.63, 3.8) is 0 Å². The van der Waals surface area contributed by atoms with Gasteiger partial charge in [0.1, 0.15) is 0 Å². The molecular weight excluding hydrogens is 250 g/mol. The predicted molar refractivity (Wildman–Crippen MR) is 70.3 cm³/mol. The van der Waals surface area contributed by atoms with Crippen LogP contribution in [0, 0.1) is 5.92 Å². The van der Waals surface area contributed by atoms with Gasteiger partial charge in [-0.3, -0.25) is 4.79 Å². The van der Waals surface area contributed by atoms with Gasteiger partial charge in [-0.2, -0.15) is 0 Å². The van der Waals surface area contributed by atoms with Crippen molar-refractivity contribution in [2.45, 2.75) is 39.7 Å². The number of rotatable bonds is 3. The molecule has 0 bridgehead atoms. The van der Waals surface area contributed by atoms with Crippen molar-refractivity contribution in [3.05, 3.63) is 22.7 Å². The summed E-state index contributed by atoms with van der Waals surface area (Å²) in [5, 5.41) is 0.267. The molecule has 1 aliphatic rings. The fraction of sp³-hybridized carbons (Fsp3) is 0.615. The van der Waals surface area contributed by atoms with Crippen molar-refractivity contribution in [2.75, 3.05) is 6.54 Å². The molecule has 1 amide bonds. The summed E-state index contributed by atoms with van der Waals surface area (Å²) >= 11 is 5.83. The van der Waals surface area contributed by atoms with E-state index in [1.807, 2.05) is 11.8 Å². The highest BCUT2D eigenvalue weighted by molar-refractivity contribution is 6.28. The Kier molecular flexibility index (Phi) is 3.85. The zero-order valence-electron chi connectivity index (χ0n) is 11.0. The van der Waals surface area contributed by atoms with Gasteiger partial charge < -0.3 is 4.90 Å². The number of amides is 1. The molecule has 1 fully saturated rings. The van der Waals surface area contributed by atoms with Crippen LogP contribution < -0.4 is 0 Å². The van der Waals surface area contributed by atoms with Crippen LogP contribution in [-0.2, 0) is 11.3 Å². The Bertz CT molecular complexity index is 462. The third-order valence-corrected chi connectivity index (χ3v) is 3.52. The van der Waals surface area contributed by atoms with Crippen molar-refractivity contribution in [2.24, 2.45) is 5.92 Å². The minimum atomic E-state index is 0.140. The van der Waals surface area contributed by atoms with Crippen molar-refractivity contribution in [3.8, 4) is 0 Å². The lowest BCUT2D eigenvalue weighted by Crippen LogP contribution is -2.27. The van der Waals surface area contributed by atoms with Crippen LogP contribution in [0.25, 0.3) is 0 Å². The Balaban J connectivity index is 2.21. The molecule has 1 aromatic rings. The maximum absolute atomic E-state index is 11.9. The summed E-state index contributed by atoms with van der Waals surface area (Å²) in [5.41, 5.74) is 1.93. The van der Waals surface area contributed by atoms with Gasteiger partial charge in [0.15, 0.2) is 0 Å². The van der Waals surface area contributed by atoms with E-state index < -0.39 is 0 Å². The molecule has 0 radical (unpaired) electrons. The predicted octanol–water partition coefficient (Wildman–Crippen LogP) is 2.62. The molecule has 1 aromatic heterocycles. The van der Waals surface area contributed by atoms with Gasteiger partial charge in [0.25, 0.3) is 0 Å². The van der Waals surface area contributed by atoms with E-state index in [1.54, 1.807) is 6.20 Å². The highest BCUT2D eigenvalue weighted by Crippen LogP contribution is 2.23. The normalized spacial score (nSPS) is 19.9. The van der Waals surface area contributed by atoms with Gasteiger partial charge >= 0.3 is 0 Å². The Morgan fingerprint density at radius 1 is 1.56 bits per heavy atom. The second-order valence-electron chi connectivity index (χ2n) is 5.15. The van der Waals surface area contributed by atoms with Crippen LogP contribution in [0.5, 0.6) is 0 Å². The minimum absolute atomic E-state index is 0.140. The molecule has 4 nitrogen and oxygen atoms in total. The fourth-order valence-electron chi connectivity index (χ4n) is 2.28. The van der Waals surface area contributed by atoms with Crippen molar-refractivity contribution >= 4 is 17.5 Å². The van der Waals surface area contributed by atoms with Gasteiger partial charge in [0.05, 0.1) is 5.69 Å². The summed E-state index contributed by atoms with van der Waals surface area (Å²) in [6.45, 7) is 7.52. The summed E-state index contributed by atoms with van der Waals surface area (Å²) in [7, 11) is 0. The number of halogens is 1. The summed E-state index contributed by atoms with van der Waals surface area (Å²) in [5.74, 6) is 0.635. The highest BCUT2D eigenvalue weighted by Gasteiger charge is 2.28. The van der Waals surface area contributed by atoms with E-state index in [9.17, 15) is 4.79 Å². The van der Waals surface area contributed by atoms with Gasteiger partial charge in [0.2, 0.25) is 11.2 Å². The summed E-state index contributed by atoms with van der Waals surface area (Å²) < 4.78 is 0. The number of nitrogens with zero attached hydrogens (tertiary/aromatic N) is 3. The number of carbonyl (C=O) groups excluding carboxylic acids is 1. The van der Waals surface area contributed by atoms with Gasteiger partial charge in [-0.25, -0.2) is 9.97 Å². The van der Waals surface area contributed by atoms with E-state index in [-0.39, 0.29) is 23.0 Å². The average molecular weight is 268 g/mol. The number of carbonyl (C=O) groups is 1. The Labute approximate surface area is 112 Å². The molecule has 1 unspecified atom stereocenters. The summed E-state index contributed by atoms with van der Waals surface area (Å²) in [4.78, 5) is 22.1. The molecule has 0 saturated carbocycles. The molecule has 0 N–H and O–H groups in total. The Morgan fingerprint density at radius 2 is 2.28 bits per heavy atom. The standard InChI is InChI=1S/C13H18ClN3O/c1-8(2)11-10(6-15-13(14)16-11)7-17-5-4-9(3)12(17)18/h6,8-9H,4-5,7H2,1-3H3. The van der Waals surface area contributed by atoms with Gasteiger partial charge in [0, 0.05) is 30.8 Å². The average Bonchev–Trinajstić information content (AvgIpc) is 2.63. The zero-order valence-corrected chi connectivity index (χ0v) is 11.7. The molecule has 2 rings (SSSR count). The number of hydrogen-bond acceptors (Lipinski definition) is 3. The zero-order chi connectivity index (χ0) is 13.3. The first-order valence-corrected chi connectivity index (χ1v) is 6.67. The molecule has 2 heterocycles. The van der Waals surface area contributed by atoms with E-state index in [1.165, 1.54) is 0 Å². The van der Waals surface area contributed by atoms with Crippen LogP contribution in [0.3, 0.4) is 0 Å². The topological polar surface area (TPSA) is 46.1 Å². The molecule has 0 spiro atoms. The summed E-state index contributed by atoms with van der Waals surface area (Å²) in [6, 6.07) is 0. The van der Waals surface area contributed by atoms with E-state index in [0.717, 1.165) is 24.2 Å². The lowest BCUT2D eigenvalue weighted by Gasteiger charge is -2.19. The van der Waals surface area contributed by atoms with Crippen LogP contribution in [0.15, 0.2) is 6.20 Å². The van der Waals surface area contributed by atoms with E-state index in [4.69, 9.17) is 11.6 Å². The largest absolute Gasteiger partial charge is 0.338 e. The minimum Gasteiger partial charge on any atom is -0.338 e. The van der Waals surface area contributed by atoms with Crippen LogP contribution >= 0.6 is 11.6 Å². The molecule has 98 valence electrons. The SMILES string of the molecule is CC1CCN(Cc2cnc(Cl)nc2C(C)C)C1=O. The number of aromatic nitrogens is 2. The Hall–Kier alpha value is -1.16. The van der Waals surface area contributed by atoms with E-state index in [2.05, 4.69) is 23.8 Å². The molecule has 18 heavy (non-hydrogen) atoms. The third-order valence-electron chi connectivity index (χ3n) is 3.34. The molecule has 0 aromatic carbocycles. The smallest absolute Gasteiger partial charge is 0.225 e. The van der Waals surface area contributed by atoms with Crippen LogP contribution in [0.1, 0.15) is 44.4 Å². The van der Waals surface area contributed by atoms with Crippen LogP contribution in [0.2, 0.25) is 5.28 Å². The molecule has 1 atom stereocenters. The second kappa shape index (κ2) is 5.22. The first kappa shape index (κ1) is 13.3. The van der Waals surface area contributed by atoms with Crippen molar-refractivity contribution in [1.82, 2.24) is 14.9 Å². The monoisotopic (exact) mass is 267 g/mol. The first-order chi connectivity index (χ1) is 8.49. The lowest BCUT2D eigenvalue weighted by molar-refractivity contribution is -0.131. The molecule has 5 heteroatoms. The van der Waals surface area contributed by atoms with E-state index >= 15 is 0 Å². The highest BCUT2D eigenvalue weighted by atomic mass is 35.5. The lowest BCUT2D eigenvalue weighted by atomic mass is 10.1. The number of likely N-dealkylation sites (tertiary alicyclic amines) is 1. The van der Waals surface area contributed by atoms with Gasteiger partial charge in [-0.15, -0.1) is 0 Å². The molecular formula is C13H18ClN3O. The van der Waals surface area contributed by atoms with E-state index in [0.29, 0.717) is 6.54 Å². The first-order valence-electron chi connectivity index (χ1n) is 6.29. The molecule has 0 aliphatic carbocycles. The second-order valence-corrected chi connectivity index (χ2v) is 5.49. The molecule has 1 aliphatic heterocycles. The number of hydrogen-bond donors (Lipinski definition) is 0. The van der Waals surface area contributed by atoms with Crippen molar-refractivity contribution < 1.29 is 4.79 Å². The quantitative estimate of drug-likeness (QED) is 0.791. The van der Waals surface area contributed by atoms with Gasteiger partial charge in [-0.1, -0.05) is 20.8 Å². The maximum atomic E-state index is 11.9.